The van der Waals surface area contributed by atoms with Gasteiger partial charge in [0, 0.05) is 42.3 Å². The van der Waals surface area contributed by atoms with Crippen LogP contribution in [-0.2, 0) is 10.9 Å². The van der Waals surface area contributed by atoms with Crippen LogP contribution in [0.4, 0.5) is 36.2 Å². The molecule has 1 aromatic heterocycles. The van der Waals surface area contributed by atoms with Gasteiger partial charge in [-0.15, -0.1) is 0 Å². The predicted molar refractivity (Wildman–Crippen MR) is 153 cm³/mol. The lowest BCUT2D eigenvalue weighted by Gasteiger charge is -2.28. The third-order valence-electron chi connectivity index (χ3n) is 6.36. The molecular weight excluding hydrogens is 551 g/mol. The molecule has 5 rings (SSSR count). The molecule has 1 N–H and O–H groups in total. The van der Waals surface area contributed by atoms with Crippen molar-refractivity contribution in [3.8, 4) is 23.1 Å². The second-order valence-electron chi connectivity index (χ2n) is 9.18. The van der Waals surface area contributed by atoms with Gasteiger partial charge in [-0.25, -0.2) is 9.98 Å². The molecule has 1 aliphatic rings. The van der Waals surface area contributed by atoms with E-state index < -0.39 is 11.7 Å². The lowest BCUT2D eigenvalue weighted by molar-refractivity contribution is -0.137. The Balaban J connectivity index is 1.41. The lowest BCUT2D eigenvalue weighted by Crippen LogP contribution is -2.36. The maximum absolute atomic E-state index is 13.1. The summed E-state index contributed by atoms with van der Waals surface area (Å²) < 4.78 is 61.1. The van der Waals surface area contributed by atoms with Crippen LogP contribution in [0, 0.1) is 0 Å². The van der Waals surface area contributed by atoms with Crippen LogP contribution in [0.5, 0.6) is 23.1 Å². The van der Waals surface area contributed by atoms with Gasteiger partial charge in [0.25, 0.3) is 0 Å². The Hall–Kier alpha value is -4.84. The molecule has 1 aliphatic heterocycles. The number of hydrogen-bond donors (Lipinski definition) is 1. The van der Waals surface area contributed by atoms with Crippen molar-refractivity contribution in [3.05, 3.63) is 84.1 Å². The van der Waals surface area contributed by atoms with Crippen LogP contribution >= 0.6 is 0 Å². The van der Waals surface area contributed by atoms with Crippen molar-refractivity contribution in [2.45, 2.75) is 6.18 Å². The summed E-state index contributed by atoms with van der Waals surface area (Å²) >= 11 is 0. The van der Waals surface area contributed by atoms with Gasteiger partial charge in [0.1, 0.15) is 22.9 Å². The van der Waals surface area contributed by atoms with Gasteiger partial charge in [-0.05, 0) is 60.7 Å². The molecule has 0 amide bonds. The largest absolute Gasteiger partial charge is 0.497 e. The summed E-state index contributed by atoms with van der Waals surface area (Å²) in [5.74, 6) is 1.57. The van der Waals surface area contributed by atoms with Gasteiger partial charge < -0.3 is 29.2 Å². The van der Waals surface area contributed by atoms with Gasteiger partial charge in [-0.1, -0.05) is 0 Å². The highest BCUT2D eigenvalue weighted by Gasteiger charge is 2.30. The minimum Gasteiger partial charge on any atom is -0.497 e. The molecule has 0 aliphatic carbocycles. The summed E-state index contributed by atoms with van der Waals surface area (Å²) in [5.41, 5.74) is 1.96. The van der Waals surface area contributed by atoms with E-state index in [1.807, 2.05) is 24.3 Å². The molecule has 0 saturated carbocycles. The van der Waals surface area contributed by atoms with Crippen LogP contribution < -0.4 is 24.4 Å². The van der Waals surface area contributed by atoms with Crippen LogP contribution in [0.1, 0.15) is 11.1 Å². The summed E-state index contributed by atoms with van der Waals surface area (Å²) in [6.07, 6.45) is -1.44. The molecule has 0 bridgehead atoms. The maximum Gasteiger partial charge on any atom is 0.416 e. The molecule has 2 heterocycles. The van der Waals surface area contributed by atoms with Crippen molar-refractivity contribution < 1.29 is 32.1 Å². The molecule has 218 valence electrons. The first-order valence-electron chi connectivity index (χ1n) is 13.0. The van der Waals surface area contributed by atoms with Crippen LogP contribution in [0.25, 0.3) is 0 Å². The SMILES string of the molecule is COc1cc(/C=N/c2cnc(Nc3ccc(N4CCOCC4)cc3)nc2Oc2ccc(C(F)(F)F)cc2)cc(OC)c1. The van der Waals surface area contributed by atoms with E-state index in [2.05, 4.69) is 25.2 Å². The monoisotopic (exact) mass is 579 g/mol. The Kier molecular flexibility index (Phi) is 8.72. The quantitative estimate of drug-likeness (QED) is 0.221. The average molecular weight is 580 g/mol. The molecule has 0 unspecified atom stereocenters. The highest BCUT2D eigenvalue weighted by Crippen LogP contribution is 2.34. The number of nitrogens with zero attached hydrogens (tertiary/aromatic N) is 4. The van der Waals surface area contributed by atoms with Crippen LogP contribution in [-0.4, -0.2) is 56.7 Å². The second-order valence-corrected chi connectivity index (χ2v) is 9.18. The fourth-order valence-corrected chi connectivity index (χ4v) is 4.16. The number of rotatable bonds is 9. The van der Waals surface area contributed by atoms with Gasteiger partial charge in [0.05, 0.1) is 39.2 Å². The van der Waals surface area contributed by atoms with E-state index in [9.17, 15) is 13.2 Å². The first-order chi connectivity index (χ1) is 20.3. The molecule has 4 aromatic rings. The second kappa shape index (κ2) is 12.8. The van der Waals surface area contributed by atoms with Crippen molar-refractivity contribution in [1.82, 2.24) is 9.97 Å². The molecular formula is C30H28F3N5O4. The zero-order chi connectivity index (χ0) is 29.5. The normalized spacial score (nSPS) is 13.7. The summed E-state index contributed by atoms with van der Waals surface area (Å²) in [4.78, 5) is 15.6. The number of halogens is 3. The lowest BCUT2D eigenvalue weighted by atomic mass is 10.2. The van der Waals surface area contributed by atoms with E-state index in [0.717, 1.165) is 36.6 Å². The Morgan fingerprint density at radius 2 is 1.57 bits per heavy atom. The third kappa shape index (κ3) is 7.26. The van der Waals surface area contributed by atoms with Crippen molar-refractivity contribution in [1.29, 1.82) is 0 Å². The van der Waals surface area contributed by atoms with E-state index in [-0.39, 0.29) is 23.3 Å². The van der Waals surface area contributed by atoms with E-state index in [4.69, 9.17) is 18.9 Å². The molecule has 9 nitrogen and oxygen atoms in total. The number of methoxy groups -OCH3 is 2. The smallest absolute Gasteiger partial charge is 0.416 e. The van der Waals surface area contributed by atoms with Gasteiger partial charge in [0.2, 0.25) is 11.8 Å². The van der Waals surface area contributed by atoms with Gasteiger partial charge in [-0.3, -0.25) is 0 Å². The van der Waals surface area contributed by atoms with Gasteiger partial charge >= 0.3 is 6.18 Å². The number of alkyl halides is 3. The molecule has 0 spiro atoms. The highest BCUT2D eigenvalue weighted by atomic mass is 19.4. The fraction of sp³-hybridized carbons (Fsp3) is 0.233. The van der Waals surface area contributed by atoms with Gasteiger partial charge in [0.15, 0.2) is 0 Å². The van der Waals surface area contributed by atoms with Crippen LogP contribution in [0.3, 0.4) is 0 Å². The molecule has 12 heteroatoms. The van der Waals surface area contributed by atoms with E-state index in [1.165, 1.54) is 18.3 Å². The van der Waals surface area contributed by atoms with Crippen molar-refractivity contribution in [2.75, 3.05) is 50.7 Å². The fourth-order valence-electron chi connectivity index (χ4n) is 4.16. The zero-order valence-corrected chi connectivity index (χ0v) is 22.9. The molecule has 0 atom stereocenters. The summed E-state index contributed by atoms with van der Waals surface area (Å²) in [5, 5.41) is 3.14. The number of aromatic nitrogens is 2. The number of ether oxygens (including phenoxy) is 4. The first-order valence-corrected chi connectivity index (χ1v) is 13.0. The average Bonchev–Trinajstić information content (AvgIpc) is 3.01. The van der Waals surface area contributed by atoms with E-state index in [1.54, 1.807) is 38.6 Å². The van der Waals surface area contributed by atoms with Crippen LogP contribution in [0.2, 0.25) is 0 Å². The zero-order valence-electron chi connectivity index (χ0n) is 22.9. The minimum atomic E-state index is -4.46. The highest BCUT2D eigenvalue weighted by molar-refractivity contribution is 5.84. The Labute approximate surface area is 240 Å². The maximum atomic E-state index is 13.1. The summed E-state index contributed by atoms with van der Waals surface area (Å²) in [6, 6.07) is 17.4. The Morgan fingerprint density at radius 1 is 0.905 bits per heavy atom. The van der Waals surface area contributed by atoms with Gasteiger partial charge in [-0.2, -0.15) is 18.2 Å². The van der Waals surface area contributed by atoms with E-state index in [0.29, 0.717) is 30.3 Å². The number of morpholine rings is 1. The molecule has 1 saturated heterocycles. The number of aliphatic imine (C=N–C) groups is 1. The molecule has 0 radical (unpaired) electrons. The van der Waals surface area contributed by atoms with Crippen molar-refractivity contribution >= 4 is 29.2 Å². The molecule has 3 aromatic carbocycles. The number of anilines is 3. The standard InChI is InChI=1S/C30H28F3N5O4/c1-39-25-15-20(16-26(17-25)40-2)18-34-27-19-35-29(36-22-5-7-23(8-6-22)38-11-13-41-14-12-38)37-28(27)42-24-9-3-21(4-10-24)30(31,32)33/h3-10,15-19H,11-14H2,1-2H3,(H,35,36,37)/b34-18+. The third-order valence-corrected chi connectivity index (χ3v) is 6.36. The van der Waals surface area contributed by atoms with Crippen molar-refractivity contribution in [2.24, 2.45) is 4.99 Å². The predicted octanol–water partition coefficient (Wildman–Crippen LogP) is 6.64. The number of benzene rings is 3. The Morgan fingerprint density at radius 3 is 2.19 bits per heavy atom. The summed E-state index contributed by atoms with van der Waals surface area (Å²) in [6.45, 7) is 3.03. The molecule has 1 fully saturated rings. The first kappa shape index (κ1) is 28.7. The van der Waals surface area contributed by atoms with E-state index >= 15 is 0 Å². The minimum absolute atomic E-state index is 0.0447. The van der Waals surface area contributed by atoms with Crippen LogP contribution in [0.15, 0.2) is 77.9 Å². The number of nitrogens with one attached hydrogen (secondary N) is 1. The molecule has 42 heavy (non-hydrogen) atoms. The topological polar surface area (TPSA) is 90.3 Å². The summed E-state index contributed by atoms with van der Waals surface area (Å²) in [7, 11) is 3.09. The number of hydrogen-bond acceptors (Lipinski definition) is 9. The Bertz CT molecular complexity index is 1500. The van der Waals surface area contributed by atoms with Crippen molar-refractivity contribution in [3.63, 3.8) is 0 Å².